The highest BCUT2D eigenvalue weighted by Crippen LogP contribution is 2.32. The molecule has 0 bridgehead atoms. The van der Waals surface area contributed by atoms with Gasteiger partial charge in [-0.05, 0) is 59.1 Å². The van der Waals surface area contributed by atoms with E-state index in [1.165, 1.54) is 0 Å². The van der Waals surface area contributed by atoms with Gasteiger partial charge in [-0.25, -0.2) is 0 Å². The molecule has 27 heavy (non-hydrogen) atoms. The fraction of sp³-hybridized carbons (Fsp3) is 0.682. The lowest BCUT2D eigenvalue weighted by Gasteiger charge is -2.49. The van der Waals surface area contributed by atoms with Crippen LogP contribution in [0.15, 0.2) is 24.3 Å². The first-order valence-electron chi connectivity index (χ1n) is 10.0. The molecule has 1 saturated heterocycles. The topological polar surface area (TPSA) is 50.8 Å². The Labute approximate surface area is 164 Å². The van der Waals surface area contributed by atoms with Gasteiger partial charge >= 0.3 is 0 Å². The lowest BCUT2D eigenvalue weighted by Crippen LogP contribution is -2.63. The predicted molar refractivity (Wildman–Crippen MR) is 109 cm³/mol. The molecule has 1 aliphatic heterocycles. The van der Waals surface area contributed by atoms with Gasteiger partial charge in [-0.1, -0.05) is 25.5 Å². The van der Waals surface area contributed by atoms with Crippen molar-refractivity contribution in [3.05, 3.63) is 24.3 Å². The van der Waals surface area contributed by atoms with Crippen LogP contribution in [0.2, 0.25) is 0 Å². The number of unbranched alkanes of at least 4 members (excludes halogenated alkanes) is 1. The molecular formula is C22H36N2O3. The number of carbonyl (C=O) groups is 1. The summed E-state index contributed by atoms with van der Waals surface area (Å²) >= 11 is 0. The Hall–Kier alpha value is -1.75. The van der Waals surface area contributed by atoms with Gasteiger partial charge in [0.1, 0.15) is 0 Å². The van der Waals surface area contributed by atoms with E-state index in [-0.39, 0.29) is 29.6 Å². The highest BCUT2D eigenvalue weighted by molar-refractivity contribution is 5.78. The van der Waals surface area contributed by atoms with E-state index in [9.17, 15) is 4.79 Å². The van der Waals surface area contributed by atoms with Gasteiger partial charge in [-0.2, -0.15) is 0 Å². The van der Waals surface area contributed by atoms with Crippen LogP contribution in [0.5, 0.6) is 11.5 Å². The van der Waals surface area contributed by atoms with Crippen molar-refractivity contribution in [2.45, 2.75) is 77.4 Å². The highest BCUT2D eigenvalue weighted by Gasteiger charge is 2.41. The van der Waals surface area contributed by atoms with Crippen molar-refractivity contribution in [1.82, 2.24) is 10.2 Å². The third-order valence-electron chi connectivity index (χ3n) is 5.10. The molecule has 0 aromatic heterocycles. The molecule has 5 nitrogen and oxygen atoms in total. The minimum atomic E-state index is 0.000663. The van der Waals surface area contributed by atoms with Crippen molar-refractivity contribution in [3.8, 4) is 11.5 Å². The van der Waals surface area contributed by atoms with Crippen molar-refractivity contribution >= 4 is 5.91 Å². The number of hydrogen-bond acceptors (Lipinski definition) is 4. The molecule has 1 aromatic carbocycles. The molecule has 0 aliphatic carbocycles. The van der Waals surface area contributed by atoms with Gasteiger partial charge in [0.2, 0.25) is 0 Å². The average Bonchev–Trinajstić information content (AvgIpc) is 2.57. The molecule has 1 N–H and O–H groups in total. The van der Waals surface area contributed by atoms with Crippen LogP contribution < -0.4 is 14.8 Å². The highest BCUT2D eigenvalue weighted by atomic mass is 16.5. The summed E-state index contributed by atoms with van der Waals surface area (Å²) < 4.78 is 11.1. The number of amides is 1. The second-order valence-corrected chi connectivity index (χ2v) is 8.84. The molecule has 5 heteroatoms. The molecule has 1 aromatic rings. The molecule has 1 amide bonds. The summed E-state index contributed by atoms with van der Waals surface area (Å²) in [4.78, 5) is 15.1. The van der Waals surface area contributed by atoms with Gasteiger partial charge in [-0.15, -0.1) is 0 Å². The Balaban J connectivity index is 2.11. The fourth-order valence-corrected chi connectivity index (χ4v) is 4.29. The number of rotatable bonds is 8. The maximum Gasteiger partial charge on any atom is 0.260 e. The van der Waals surface area contributed by atoms with E-state index in [0.29, 0.717) is 11.5 Å². The number of carbonyl (C=O) groups excluding carboxylic acids is 1. The largest absolute Gasteiger partial charge is 0.493 e. The van der Waals surface area contributed by atoms with Crippen LogP contribution in [0.4, 0.5) is 0 Å². The van der Waals surface area contributed by atoms with Crippen molar-refractivity contribution < 1.29 is 14.3 Å². The first-order valence-corrected chi connectivity index (χ1v) is 10.0. The number of methoxy groups -OCH3 is 1. The van der Waals surface area contributed by atoms with E-state index in [2.05, 4.69) is 39.9 Å². The SMILES string of the molecule is CCCCN(C(=O)COc1ccccc1OC)C1CC(C)(C)NC(C)(C)C1. The molecule has 152 valence electrons. The number of nitrogens with zero attached hydrogens (tertiary/aromatic N) is 1. The molecule has 0 radical (unpaired) electrons. The minimum Gasteiger partial charge on any atom is -0.493 e. The van der Waals surface area contributed by atoms with Crippen LogP contribution in [-0.2, 0) is 4.79 Å². The molecule has 0 atom stereocenters. The smallest absolute Gasteiger partial charge is 0.260 e. The van der Waals surface area contributed by atoms with E-state index in [4.69, 9.17) is 9.47 Å². The van der Waals surface area contributed by atoms with E-state index in [1.807, 2.05) is 29.2 Å². The normalized spacial score (nSPS) is 18.7. The van der Waals surface area contributed by atoms with Gasteiger partial charge in [-0.3, -0.25) is 4.79 Å². The number of hydrogen-bond donors (Lipinski definition) is 1. The molecule has 0 unspecified atom stereocenters. The summed E-state index contributed by atoms with van der Waals surface area (Å²) in [6, 6.07) is 7.66. The summed E-state index contributed by atoms with van der Waals surface area (Å²) in [5, 5.41) is 3.70. The quantitative estimate of drug-likeness (QED) is 0.745. The average molecular weight is 377 g/mol. The Morgan fingerprint density at radius 1 is 1.15 bits per heavy atom. The summed E-state index contributed by atoms with van der Waals surface area (Å²) in [6.07, 6.45) is 3.96. The Bertz CT molecular complexity index is 612. The zero-order valence-corrected chi connectivity index (χ0v) is 17.8. The Morgan fingerprint density at radius 3 is 2.30 bits per heavy atom. The summed E-state index contributed by atoms with van der Waals surface area (Å²) in [5.41, 5.74) is 0.00133. The first kappa shape index (κ1) is 21.5. The lowest BCUT2D eigenvalue weighted by molar-refractivity contribution is -0.137. The van der Waals surface area contributed by atoms with Gasteiger partial charge in [0.05, 0.1) is 7.11 Å². The number of ether oxygens (including phenoxy) is 2. The maximum atomic E-state index is 13.1. The van der Waals surface area contributed by atoms with Gasteiger partial charge < -0.3 is 19.7 Å². The predicted octanol–water partition coefficient (Wildman–Crippen LogP) is 4.01. The first-order chi connectivity index (χ1) is 12.7. The minimum absolute atomic E-state index is 0.000663. The zero-order chi connectivity index (χ0) is 20.1. The maximum absolute atomic E-state index is 13.1. The second kappa shape index (κ2) is 8.96. The van der Waals surface area contributed by atoms with Crippen molar-refractivity contribution in [2.24, 2.45) is 0 Å². The Kier molecular flexibility index (Phi) is 7.15. The van der Waals surface area contributed by atoms with E-state index in [0.717, 1.165) is 32.2 Å². The molecular weight excluding hydrogens is 340 g/mol. The number of benzene rings is 1. The van der Waals surface area contributed by atoms with Crippen LogP contribution in [0, 0.1) is 0 Å². The molecule has 0 spiro atoms. The van der Waals surface area contributed by atoms with Gasteiger partial charge in [0, 0.05) is 23.7 Å². The van der Waals surface area contributed by atoms with E-state index >= 15 is 0 Å². The summed E-state index contributed by atoms with van der Waals surface area (Å²) in [7, 11) is 1.61. The van der Waals surface area contributed by atoms with Crippen LogP contribution in [-0.4, -0.2) is 48.2 Å². The number of para-hydroxylation sites is 2. The molecule has 1 heterocycles. The van der Waals surface area contributed by atoms with Crippen molar-refractivity contribution in [1.29, 1.82) is 0 Å². The molecule has 1 fully saturated rings. The van der Waals surface area contributed by atoms with Crippen LogP contribution in [0.25, 0.3) is 0 Å². The second-order valence-electron chi connectivity index (χ2n) is 8.84. The molecule has 0 saturated carbocycles. The fourth-order valence-electron chi connectivity index (χ4n) is 4.29. The lowest BCUT2D eigenvalue weighted by atomic mass is 9.79. The number of piperidine rings is 1. The van der Waals surface area contributed by atoms with Gasteiger partial charge in [0.15, 0.2) is 18.1 Å². The monoisotopic (exact) mass is 376 g/mol. The van der Waals surface area contributed by atoms with Crippen LogP contribution in [0.1, 0.15) is 60.3 Å². The van der Waals surface area contributed by atoms with E-state index < -0.39 is 0 Å². The molecule has 2 rings (SSSR count). The standard InChI is InChI=1S/C22H36N2O3/c1-7-8-13-24(17-14-21(2,3)23-22(4,5)15-17)20(25)16-27-19-12-10-9-11-18(19)26-6/h9-12,17,23H,7-8,13-16H2,1-6H3. The Morgan fingerprint density at radius 2 is 1.74 bits per heavy atom. The van der Waals surface area contributed by atoms with Crippen LogP contribution >= 0.6 is 0 Å². The van der Waals surface area contributed by atoms with Crippen LogP contribution in [0.3, 0.4) is 0 Å². The number of nitrogens with one attached hydrogen (secondary N) is 1. The summed E-state index contributed by atoms with van der Waals surface area (Å²) in [5.74, 6) is 1.30. The van der Waals surface area contributed by atoms with Crippen molar-refractivity contribution in [3.63, 3.8) is 0 Å². The third kappa shape index (κ3) is 6.13. The molecule has 1 aliphatic rings. The summed E-state index contributed by atoms with van der Waals surface area (Å²) in [6.45, 7) is 11.8. The zero-order valence-electron chi connectivity index (χ0n) is 17.8. The van der Waals surface area contributed by atoms with Crippen molar-refractivity contribution in [2.75, 3.05) is 20.3 Å². The third-order valence-corrected chi connectivity index (χ3v) is 5.10. The van der Waals surface area contributed by atoms with Gasteiger partial charge in [0.25, 0.3) is 5.91 Å². The van der Waals surface area contributed by atoms with E-state index in [1.54, 1.807) is 7.11 Å².